The van der Waals surface area contributed by atoms with E-state index in [2.05, 4.69) is 4.74 Å². The van der Waals surface area contributed by atoms with Gasteiger partial charge in [0.2, 0.25) is 0 Å². The van der Waals surface area contributed by atoms with Crippen LogP contribution in [0, 0.1) is 0 Å². The standard InChI is InChI=1S/C14H15F2NO4/c1-8(13(19)20)17(10-4-5-10)12(18)9-2-6-11(7-3-9)21-14(15)16/h2-3,6-8,10,14H,4-5H2,1H3,(H,19,20). The lowest BCUT2D eigenvalue weighted by atomic mass is 10.1. The summed E-state index contributed by atoms with van der Waals surface area (Å²) >= 11 is 0. The van der Waals surface area contributed by atoms with Gasteiger partial charge in [-0.25, -0.2) is 4.79 Å². The fraction of sp³-hybridized carbons (Fsp3) is 0.429. The second kappa shape index (κ2) is 6.07. The van der Waals surface area contributed by atoms with E-state index < -0.39 is 24.5 Å². The molecular formula is C14H15F2NO4. The molecule has 1 saturated carbocycles. The predicted molar refractivity (Wildman–Crippen MR) is 69.4 cm³/mol. The van der Waals surface area contributed by atoms with E-state index in [9.17, 15) is 18.4 Å². The van der Waals surface area contributed by atoms with E-state index in [-0.39, 0.29) is 17.4 Å². The van der Waals surface area contributed by atoms with E-state index in [0.717, 1.165) is 12.8 Å². The molecule has 5 nitrogen and oxygen atoms in total. The van der Waals surface area contributed by atoms with Gasteiger partial charge in [-0.2, -0.15) is 8.78 Å². The highest BCUT2D eigenvalue weighted by Crippen LogP contribution is 2.30. The van der Waals surface area contributed by atoms with E-state index in [0.29, 0.717) is 0 Å². The van der Waals surface area contributed by atoms with Crippen molar-refractivity contribution in [3.05, 3.63) is 29.8 Å². The topological polar surface area (TPSA) is 66.8 Å². The second-order valence-electron chi connectivity index (χ2n) is 4.86. The molecule has 1 aromatic carbocycles. The van der Waals surface area contributed by atoms with Crippen molar-refractivity contribution in [3.8, 4) is 5.75 Å². The Morgan fingerprint density at radius 1 is 1.29 bits per heavy atom. The first-order valence-electron chi connectivity index (χ1n) is 6.50. The molecule has 1 amide bonds. The molecule has 0 aliphatic heterocycles. The summed E-state index contributed by atoms with van der Waals surface area (Å²) in [5, 5.41) is 9.07. The number of alkyl halides is 2. The Labute approximate surface area is 120 Å². The number of aliphatic carboxylic acids is 1. The van der Waals surface area contributed by atoms with Gasteiger partial charge in [-0.1, -0.05) is 0 Å². The third-order valence-electron chi connectivity index (χ3n) is 3.28. The predicted octanol–water partition coefficient (Wildman–Crippen LogP) is 2.37. The summed E-state index contributed by atoms with van der Waals surface area (Å²) in [5.41, 5.74) is 0.247. The van der Waals surface area contributed by atoms with Crippen molar-refractivity contribution in [1.82, 2.24) is 4.90 Å². The quantitative estimate of drug-likeness (QED) is 0.875. The molecule has 0 bridgehead atoms. The highest BCUT2D eigenvalue weighted by Gasteiger charge is 2.38. The first-order valence-corrected chi connectivity index (χ1v) is 6.50. The van der Waals surface area contributed by atoms with Crippen LogP contribution in [0.25, 0.3) is 0 Å². The van der Waals surface area contributed by atoms with Crippen LogP contribution < -0.4 is 4.74 Å². The second-order valence-corrected chi connectivity index (χ2v) is 4.86. The van der Waals surface area contributed by atoms with Gasteiger partial charge in [-0.15, -0.1) is 0 Å². The van der Waals surface area contributed by atoms with Crippen LogP contribution >= 0.6 is 0 Å². The molecule has 2 rings (SSSR count). The van der Waals surface area contributed by atoms with Gasteiger partial charge in [-0.3, -0.25) is 4.79 Å². The Morgan fingerprint density at radius 3 is 2.29 bits per heavy atom. The molecule has 0 saturated heterocycles. The lowest BCUT2D eigenvalue weighted by Crippen LogP contribution is -2.44. The summed E-state index contributed by atoms with van der Waals surface area (Å²) in [4.78, 5) is 24.8. The highest BCUT2D eigenvalue weighted by atomic mass is 19.3. The van der Waals surface area contributed by atoms with Gasteiger partial charge in [0.1, 0.15) is 11.8 Å². The smallest absolute Gasteiger partial charge is 0.387 e. The van der Waals surface area contributed by atoms with Crippen LogP contribution in [0.5, 0.6) is 5.75 Å². The van der Waals surface area contributed by atoms with Gasteiger partial charge >= 0.3 is 12.6 Å². The van der Waals surface area contributed by atoms with Gasteiger partial charge in [0.25, 0.3) is 5.91 Å². The monoisotopic (exact) mass is 299 g/mol. The van der Waals surface area contributed by atoms with Crippen LogP contribution in [0.3, 0.4) is 0 Å². The molecule has 1 fully saturated rings. The minimum Gasteiger partial charge on any atom is -0.480 e. The maximum absolute atomic E-state index is 12.4. The number of hydrogen-bond donors (Lipinski definition) is 1. The summed E-state index contributed by atoms with van der Waals surface area (Å²) in [6.07, 6.45) is 1.55. The van der Waals surface area contributed by atoms with Crippen LogP contribution in [0.15, 0.2) is 24.3 Å². The van der Waals surface area contributed by atoms with Gasteiger partial charge in [0.15, 0.2) is 0 Å². The third kappa shape index (κ3) is 3.68. The number of ether oxygens (including phenoxy) is 1. The molecule has 0 spiro atoms. The molecular weight excluding hydrogens is 284 g/mol. The van der Waals surface area contributed by atoms with Crippen molar-refractivity contribution in [2.45, 2.75) is 38.5 Å². The van der Waals surface area contributed by atoms with Crippen molar-refractivity contribution < 1.29 is 28.2 Å². The van der Waals surface area contributed by atoms with Crippen molar-refractivity contribution in [2.24, 2.45) is 0 Å². The van der Waals surface area contributed by atoms with Crippen LogP contribution in [-0.2, 0) is 4.79 Å². The van der Waals surface area contributed by atoms with Gasteiger partial charge in [0.05, 0.1) is 0 Å². The number of rotatable bonds is 6. The minimum absolute atomic E-state index is 0.0502. The van der Waals surface area contributed by atoms with Crippen LogP contribution in [0.4, 0.5) is 8.78 Å². The number of hydrogen-bond acceptors (Lipinski definition) is 3. The van der Waals surface area contributed by atoms with E-state index in [4.69, 9.17) is 5.11 Å². The van der Waals surface area contributed by atoms with E-state index in [1.54, 1.807) is 0 Å². The molecule has 1 aliphatic carbocycles. The molecule has 7 heteroatoms. The first-order chi connectivity index (χ1) is 9.90. The summed E-state index contributed by atoms with van der Waals surface area (Å²) in [7, 11) is 0. The Bertz CT molecular complexity index is 528. The maximum Gasteiger partial charge on any atom is 0.387 e. The Balaban J connectivity index is 2.15. The van der Waals surface area contributed by atoms with Crippen molar-refractivity contribution >= 4 is 11.9 Å². The summed E-state index contributed by atoms with van der Waals surface area (Å²) in [6, 6.07) is 4.22. The number of amides is 1. The molecule has 1 unspecified atom stereocenters. The average molecular weight is 299 g/mol. The molecule has 0 aromatic heterocycles. The summed E-state index contributed by atoms with van der Waals surface area (Å²) in [6.45, 7) is -1.48. The molecule has 1 atom stereocenters. The minimum atomic E-state index is -2.93. The Kier molecular flexibility index (Phi) is 4.40. The molecule has 1 N–H and O–H groups in total. The zero-order valence-electron chi connectivity index (χ0n) is 11.3. The van der Waals surface area contributed by atoms with Gasteiger partial charge in [0, 0.05) is 11.6 Å². The van der Waals surface area contributed by atoms with Gasteiger partial charge in [-0.05, 0) is 44.0 Å². The number of carbonyl (C=O) groups excluding carboxylic acids is 1. The number of benzene rings is 1. The number of nitrogens with zero attached hydrogens (tertiary/aromatic N) is 1. The Hall–Kier alpha value is -2.18. The fourth-order valence-electron chi connectivity index (χ4n) is 2.06. The zero-order valence-corrected chi connectivity index (χ0v) is 11.3. The lowest BCUT2D eigenvalue weighted by Gasteiger charge is -2.26. The van der Waals surface area contributed by atoms with Crippen molar-refractivity contribution in [3.63, 3.8) is 0 Å². The third-order valence-corrected chi connectivity index (χ3v) is 3.28. The van der Waals surface area contributed by atoms with Crippen LogP contribution in [-0.4, -0.2) is 40.6 Å². The first kappa shape index (κ1) is 15.2. The summed E-state index contributed by atoms with van der Waals surface area (Å²) in [5.74, 6) is -1.55. The average Bonchev–Trinajstić information content (AvgIpc) is 3.23. The van der Waals surface area contributed by atoms with Crippen LogP contribution in [0.2, 0.25) is 0 Å². The van der Waals surface area contributed by atoms with E-state index in [1.165, 1.54) is 36.1 Å². The zero-order chi connectivity index (χ0) is 15.6. The SMILES string of the molecule is CC(C(=O)O)N(C(=O)c1ccc(OC(F)F)cc1)C1CC1. The molecule has 21 heavy (non-hydrogen) atoms. The van der Waals surface area contributed by atoms with Crippen molar-refractivity contribution in [1.29, 1.82) is 0 Å². The summed E-state index contributed by atoms with van der Waals surface area (Å²) < 4.78 is 28.3. The van der Waals surface area contributed by atoms with Crippen LogP contribution in [0.1, 0.15) is 30.1 Å². The number of carboxylic acids is 1. The fourth-order valence-corrected chi connectivity index (χ4v) is 2.06. The molecule has 0 radical (unpaired) electrons. The normalized spacial score (nSPS) is 15.6. The lowest BCUT2D eigenvalue weighted by molar-refractivity contribution is -0.141. The van der Waals surface area contributed by atoms with Gasteiger partial charge < -0.3 is 14.7 Å². The van der Waals surface area contributed by atoms with E-state index >= 15 is 0 Å². The molecule has 1 aliphatic rings. The largest absolute Gasteiger partial charge is 0.480 e. The molecule has 114 valence electrons. The number of carboxylic acid groups (broad SMARTS) is 1. The van der Waals surface area contributed by atoms with Crippen molar-refractivity contribution in [2.75, 3.05) is 0 Å². The van der Waals surface area contributed by atoms with E-state index in [1.807, 2.05) is 0 Å². The molecule has 0 heterocycles. The number of halogens is 2. The highest BCUT2D eigenvalue weighted by molar-refractivity contribution is 5.97. The number of carbonyl (C=O) groups is 2. The maximum atomic E-state index is 12.4. The molecule has 1 aromatic rings. The Morgan fingerprint density at radius 2 is 1.86 bits per heavy atom.